The van der Waals surface area contributed by atoms with Crippen LogP contribution < -0.4 is 5.43 Å². The van der Waals surface area contributed by atoms with Gasteiger partial charge in [0.05, 0.1) is 11.9 Å². The molecule has 1 amide bonds. The Labute approximate surface area is 146 Å². The Morgan fingerprint density at radius 2 is 1.88 bits per heavy atom. The summed E-state index contributed by atoms with van der Waals surface area (Å²) in [6.07, 6.45) is 2.62. The number of aromatic amines is 1. The Hall–Kier alpha value is -3.21. The van der Waals surface area contributed by atoms with E-state index in [9.17, 15) is 4.79 Å². The summed E-state index contributed by atoms with van der Waals surface area (Å²) in [6, 6.07) is 17.7. The molecule has 0 unspecified atom stereocenters. The van der Waals surface area contributed by atoms with E-state index in [1.54, 1.807) is 12.3 Å². The molecule has 0 aliphatic heterocycles. The number of carbonyl (C=O) groups excluding carboxylic acids is 1. The molecule has 0 radical (unpaired) electrons. The first-order valence-electron chi connectivity index (χ1n) is 8.20. The number of benzene rings is 2. The van der Waals surface area contributed by atoms with Crippen molar-refractivity contribution >= 4 is 12.1 Å². The highest BCUT2D eigenvalue weighted by molar-refractivity contribution is 5.94. The van der Waals surface area contributed by atoms with Crippen molar-refractivity contribution in [3.63, 3.8) is 0 Å². The lowest BCUT2D eigenvalue weighted by atomic mass is 10.1. The number of hydrazone groups is 1. The molecule has 5 nitrogen and oxygen atoms in total. The van der Waals surface area contributed by atoms with Crippen molar-refractivity contribution in [2.45, 2.75) is 20.3 Å². The minimum atomic E-state index is -0.327. The van der Waals surface area contributed by atoms with Crippen LogP contribution in [0.2, 0.25) is 0 Å². The first-order chi connectivity index (χ1) is 12.2. The molecule has 0 aliphatic rings. The second kappa shape index (κ2) is 7.57. The first kappa shape index (κ1) is 16.6. The van der Waals surface area contributed by atoms with Crippen LogP contribution in [0.25, 0.3) is 11.3 Å². The zero-order valence-electron chi connectivity index (χ0n) is 14.3. The molecular formula is C20H20N4O. The molecule has 2 N–H and O–H groups in total. The molecule has 3 rings (SSSR count). The number of aryl methyl sites for hydroxylation is 2. The van der Waals surface area contributed by atoms with Gasteiger partial charge in [-0.05, 0) is 30.5 Å². The minimum absolute atomic E-state index is 0.327. The quantitative estimate of drug-likeness (QED) is 0.552. The molecule has 0 spiro atoms. The normalized spacial score (nSPS) is 11.0. The zero-order chi connectivity index (χ0) is 17.6. The smallest absolute Gasteiger partial charge is 0.272 e. The van der Waals surface area contributed by atoms with Gasteiger partial charge in [-0.1, -0.05) is 61.0 Å². The Balaban J connectivity index is 1.63. The predicted molar refractivity (Wildman–Crippen MR) is 99.6 cm³/mol. The molecule has 3 aromatic rings. The summed E-state index contributed by atoms with van der Waals surface area (Å²) in [7, 11) is 0. The molecule has 0 saturated carbocycles. The van der Waals surface area contributed by atoms with Gasteiger partial charge in [-0.3, -0.25) is 9.89 Å². The molecule has 0 aliphatic carbocycles. The monoisotopic (exact) mass is 332 g/mol. The molecule has 0 fully saturated rings. The van der Waals surface area contributed by atoms with Crippen LogP contribution in [0.15, 0.2) is 59.7 Å². The van der Waals surface area contributed by atoms with E-state index in [-0.39, 0.29) is 5.91 Å². The van der Waals surface area contributed by atoms with Gasteiger partial charge in [-0.15, -0.1) is 0 Å². The van der Waals surface area contributed by atoms with Crippen molar-refractivity contribution in [3.8, 4) is 11.3 Å². The van der Waals surface area contributed by atoms with E-state index in [0.29, 0.717) is 5.69 Å². The standard InChI is InChI=1S/C20H20N4O/c1-3-15-6-8-16(9-7-15)13-21-24-20(25)19-12-18(22-23-19)17-10-4-14(2)5-11-17/h4-13H,3H2,1-2H3,(H,22,23)(H,24,25)/b21-13-. The summed E-state index contributed by atoms with van der Waals surface area (Å²) < 4.78 is 0. The van der Waals surface area contributed by atoms with Crippen LogP contribution in [0.5, 0.6) is 0 Å². The van der Waals surface area contributed by atoms with Gasteiger partial charge < -0.3 is 0 Å². The summed E-state index contributed by atoms with van der Waals surface area (Å²) in [5.74, 6) is -0.327. The fourth-order valence-corrected chi connectivity index (χ4v) is 2.38. The molecule has 0 saturated heterocycles. The van der Waals surface area contributed by atoms with Crippen molar-refractivity contribution < 1.29 is 4.79 Å². The van der Waals surface area contributed by atoms with Gasteiger partial charge in [0.15, 0.2) is 0 Å². The lowest BCUT2D eigenvalue weighted by molar-refractivity contribution is 0.0950. The van der Waals surface area contributed by atoms with Crippen LogP contribution in [-0.2, 0) is 6.42 Å². The van der Waals surface area contributed by atoms with E-state index in [1.807, 2.05) is 55.5 Å². The minimum Gasteiger partial charge on any atom is -0.272 e. The van der Waals surface area contributed by atoms with Gasteiger partial charge in [-0.25, -0.2) is 5.43 Å². The van der Waals surface area contributed by atoms with Crippen LogP contribution in [0.4, 0.5) is 0 Å². The van der Waals surface area contributed by atoms with Crippen LogP contribution in [-0.4, -0.2) is 22.3 Å². The van der Waals surface area contributed by atoms with Gasteiger partial charge in [-0.2, -0.15) is 10.2 Å². The van der Waals surface area contributed by atoms with Gasteiger partial charge in [0.25, 0.3) is 5.91 Å². The largest absolute Gasteiger partial charge is 0.289 e. The first-order valence-corrected chi connectivity index (χ1v) is 8.20. The zero-order valence-corrected chi connectivity index (χ0v) is 14.3. The second-order valence-corrected chi connectivity index (χ2v) is 5.83. The maximum Gasteiger partial charge on any atom is 0.289 e. The number of aromatic nitrogens is 2. The maximum atomic E-state index is 12.1. The molecule has 2 aromatic carbocycles. The molecule has 0 bridgehead atoms. The van der Waals surface area contributed by atoms with Crippen molar-refractivity contribution in [2.24, 2.45) is 5.10 Å². The van der Waals surface area contributed by atoms with Crippen LogP contribution in [0, 0.1) is 6.92 Å². The number of carbonyl (C=O) groups is 1. The fourth-order valence-electron chi connectivity index (χ4n) is 2.38. The van der Waals surface area contributed by atoms with Gasteiger partial charge in [0.2, 0.25) is 0 Å². The fraction of sp³-hybridized carbons (Fsp3) is 0.150. The molecule has 126 valence electrons. The van der Waals surface area contributed by atoms with E-state index in [1.165, 1.54) is 11.1 Å². The average Bonchev–Trinajstić information content (AvgIpc) is 3.13. The van der Waals surface area contributed by atoms with Crippen molar-refractivity contribution in [1.29, 1.82) is 0 Å². The third-order valence-electron chi connectivity index (χ3n) is 3.94. The summed E-state index contributed by atoms with van der Waals surface area (Å²) in [5.41, 5.74) is 7.94. The maximum absolute atomic E-state index is 12.1. The summed E-state index contributed by atoms with van der Waals surface area (Å²) in [4.78, 5) is 12.1. The Kier molecular flexibility index (Phi) is 5.04. The third kappa shape index (κ3) is 4.20. The number of hydrogen-bond acceptors (Lipinski definition) is 3. The Bertz CT molecular complexity index is 877. The summed E-state index contributed by atoms with van der Waals surface area (Å²) >= 11 is 0. The van der Waals surface area contributed by atoms with Crippen LogP contribution >= 0.6 is 0 Å². The number of nitrogens with one attached hydrogen (secondary N) is 2. The lowest BCUT2D eigenvalue weighted by Crippen LogP contribution is -2.17. The molecule has 5 heteroatoms. The highest BCUT2D eigenvalue weighted by Crippen LogP contribution is 2.18. The Morgan fingerprint density at radius 3 is 2.56 bits per heavy atom. The van der Waals surface area contributed by atoms with E-state index in [0.717, 1.165) is 23.2 Å². The van der Waals surface area contributed by atoms with Crippen molar-refractivity contribution in [1.82, 2.24) is 15.6 Å². The number of rotatable bonds is 5. The van der Waals surface area contributed by atoms with Gasteiger partial charge >= 0.3 is 0 Å². The SMILES string of the molecule is CCc1ccc(/C=N\NC(=O)c2cc(-c3ccc(C)cc3)n[nH]2)cc1. The van der Waals surface area contributed by atoms with Gasteiger partial charge in [0, 0.05) is 5.56 Å². The van der Waals surface area contributed by atoms with E-state index < -0.39 is 0 Å². The lowest BCUT2D eigenvalue weighted by Gasteiger charge is -1.98. The molecule has 0 atom stereocenters. The number of H-pyrrole nitrogens is 1. The van der Waals surface area contributed by atoms with Gasteiger partial charge in [0.1, 0.15) is 5.69 Å². The molecular weight excluding hydrogens is 312 g/mol. The summed E-state index contributed by atoms with van der Waals surface area (Å²) in [6.45, 7) is 4.14. The predicted octanol–water partition coefficient (Wildman–Crippen LogP) is 3.71. The highest BCUT2D eigenvalue weighted by atomic mass is 16.2. The van der Waals surface area contributed by atoms with E-state index >= 15 is 0 Å². The molecule has 25 heavy (non-hydrogen) atoms. The van der Waals surface area contributed by atoms with Crippen LogP contribution in [0.1, 0.15) is 34.1 Å². The van der Waals surface area contributed by atoms with E-state index in [2.05, 4.69) is 27.6 Å². The highest BCUT2D eigenvalue weighted by Gasteiger charge is 2.10. The number of amides is 1. The topological polar surface area (TPSA) is 70.1 Å². The van der Waals surface area contributed by atoms with Crippen molar-refractivity contribution in [2.75, 3.05) is 0 Å². The summed E-state index contributed by atoms with van der Waals surface area (Å²) in [5, 5.41) is 10.9. The average molecular weight is 332 g/mol. The molecule has 1 aromatic heterocycles. The second-order valence-electron chi connectivity index (χ2n) is 5.83. The van der Waals surface area contributed by atoms with E-state index in [4.69, 9.17) is 0 Å². The Morgan fingerprint density at radius 1 is 1.16 bits per heavy atom. The number of nitrogens with zero attached hydrogens (tertiary/aromatic N) is 2. The van der Waals surface area contributed by atoms with Crippen molar-refractivity contribution in [3.05, 3.63) is 77.0 Å². The third-order valence-corrected chi connectivity index (χ3v) is 3.94. The molecule has 1 heterocycles. The number of hydrogen-bond donors (Lipinski definition) is 2. The van der Waals surface area contributed by atoms with Crippen LogP contribution in [0.3, 0.4) is 0 Å².